The lowest BCUT2D eigenvalue weighted by atomic mass is 10.1. The molecular weight excluding hydrogens is 368 g/mol. The van der Waals surface area contributed by atoms with E-state index in [2.05, 4.69) is 4.72 Å². The van der Waals surface area contributed by atoms with E-state index in [1.54, 1.807) is 22.4 Å². The maximum atomic E-state index is 13.1. The molecule has 5 nitrogen and oxygen atoms in total. The molecule has 0 bridgehead atoms. The van der Waals surface area contributed by atoms with E-state index in [1.807, 2.05) is 44.2 Å². The number of sulfonamides is 1. The molecule has 1 heterocycles. The smallest absolute Gasteiger partial charge is 0.250 e. The summed E-state index contributed by atoms with van der Waals surface area (Å²) in [5.74, 6) is -0.169. The van der Waals surface area contributed by atoms with Crippen molar-refractivity contribution in [2.24, 2.45) is 0 Å². The molecule has 0 aliphatic heterocycles. The molecule has 1 aromatic heterocycles. The summed E-state index contributed by atoms with van der Waals surface area (Å²) in [5, 5.41) is 1.71. The van der Waals surface area contributed by atoms with E-state index in [1.165, 1.54) is 0 Å². The van der Waals surface area contributed by atoms with Crippen LogP contribution in [0.3, 0.4) is 0 Å². The fraction of sp³-hybridized carbons (Fsp3) is 0.421. The molecule has 1 aromatic carbocycles. The third kappa shape index (κ3) is 5.65. The van der Waals surface area contributed by atoms with Gasteiger partial charge in [-0.25, -0.2) is 8.42 Å². The number of thiophene rings is 1. The predicted octanol–water partition coefficient (Wildman–Crippen LogP) is 3.29. The topological polar surface area (TPSA) is 66.5 Å². The van der Waals surface area contributed by atoms with Crippen LogP contribution in [0.4, 0.5) is 0 Å². The second-order valence-electron chi connectivity index (χ2n) is 6.12. The molecule has 142 valence electrons. The summed E-state index contributed by atoms with van der Waals surface area (Å²) in [5.41, 5.74) is 0.924. The Balaban J connectivity index is 2.27. The Hall–Kier alpha value is -1.70. The van der Waals surface area contributed by atoms with Crippen molar-refractivity contribution >= 4 is 27.3 Å². The maximum absolute atomic E-state index is 13.1. The van der Waals surface area contributed by atoms with Crippen LogP contribution in [0, 0.1) is 0 Å². The Kier molecular flexibility index (Phi) is 7.81. The number of hydrogen-bond donors (Lipinski definition) is 1. The van der Waals surface area contributed by atoms with Crippen LogP contribution >= 0.6 is 11.3 Å². The van der Waals surface area contributed by atoms with Gasteiger partial charge in [-0.2, -0.15) is 4.72 Å². The van der Waals surface area contributed by atoms with Crippen molar-refractivity contribution in [2.45, 2.75) is 43.4 Å². The van der Waals surface area contributed by atoms with Crippen molar-refractivity contribution in [3.8, 4) is 0 Å². The predicted molar refractivity (Wildman–Crippen MR) is 106 cm³/mol. The number of carbonyl (C=O) groups excluding carboxylic acids is 1. The Morgan fingerprint density at radius 3 is 2.27 bits per heavy atom. The molecule has 2 aromatic rings. The molecule has 0 fully saturated rings. The van der Waals surface area contributed by atoms with Crippen molar-refractivity contribution in [2.75, 3.05) is 13.1 Å². The lowest BCUT2D eigenvalue weighted by Gasteiger charge is -2.27. The average molecular weight is 395 g/mol. The van der Waals surface area contributed by atoms with Gasteiger partial charge in [-0.3, -0.25) is 4.79 Å². The second-order valence-corrected chi connectivity index (χ2v) is 9.01. The van der Waals surface area contributed by atoms with Crippen LogP contribution in [0.5, 0.6) is 0 Å². The van der Waals surface area contributed by atoms with E-state index in [-0.39, 0.29) is 10.1 Å². The standard InChI is InChI=1S/C19H26N2O3S2/c1-3-12-21(13-4-2)19(22)17(15-16-9-6-5-7-10-16)20-26(23,24)18-11-8-14-25-18/h5-11,14,17,20H,3-4,12-13,15H2,1-2H3. The number of carbonyl (C=O) groups is 1. The molecule has 0 aliphatic carbocycles. The summed E-state index contributed by atoms with van der Waals surface area (Å²) < 4.78 is 28.2. The van der Waals surface area contributed by atoms with Crippen molar-refractivity contribution in [1.82, 2.24) is 9.62 Å². The highest BCUT2D eigenvalue weighted by molar-refractivity contribution is 7.91. The van der Waals surface area contributed by atoms with Crippen molar-refractivity contribution in [3.05, 3.63) is 53.4 Å². The van der Waals surface area contributed by atoms with Gasteiger partial charge < -0.3 is 4.90 Å². The third-order valence-corrected chi connectivity index (χ3v) is 6.81. The summed E-state index contributed by atoms with van der Waals surface area (Å²) in [6.45, 7) is 5.27. The molecule has 1 amide bonds. The van der Waals surface area contributed by atoms with Crippen LogP contribution in [0.1, 0.15) is 32.3 Å². The van der Waals surface area contributed by atoms with Crippen molar-refractivity contribution in [1.29, 1.82) is 0 Å². The molecule has 26 heavy (non-hydrogen) atoms. The molecule has 0 spiro atoms. The van der Waals surface area contributed by atoms with Crippen LogP contribution < -0.4 is 4.72 Å². The number of nitrogens with one attached hydrogen (secondary N) is 1. The van der Waals surface area contributed by atoms with Gasteiger partial charge in [0, 0.05) is 13.1 Å². The minimum atomic E-state index is -3.72. The number of nitrogens with zero attached hydrogens (tertiary/aromatic N) is 1. The van der Waals surface area contributed by atoms with Crippen LogP contribution in [0.15, 0.2) is 52.1 Å². The SMILES string of the molecule is CCCN(CCC)C(=O)C(Cc1ccccc1)NS(=O)(=O)c1cccs1. The first kappa shape index (κ1) is 20.6. The van der Waals surface area contributed by atoms with Crippen LogP contribution in [-0.4, -0.2) is 38.4 Å². The Morgan fingerprint density at radius 1 is 1.08 bits per heavy atom. The van der Waals surface area contributed by atoms with Crippen molar-refractivity contribution in [3.63, 3.8) is 0 Å². The lowest BCUT2D eigenvalue weighted by Crippen LogP contribution is -2.50. The van der Waals surface area contributed by atoms with Gasteiger partial charge in [-0.1, -0.05) is 50.2 Å². The Labute approximate surface area is 160 Å². The summed E-state index contributed by atoms with van der Waals surface area (Å²) in [6.07, 6.45) is 2.00. The van der Waals surface area contributed by atoms with Gasteiger partial charge in [-0.15, -0.1) is 11.3 Å². The molecule has 0 radical (unpaired) electrons. The zero-order valence-electron chi connectivity index (χ0n) is 15.2. The number of benzene rings is 1. The quantitative estimate of drug-likeness (QED) is 0.672. The highest BCUT2D eigenvalue weighted by Crippen LogP contribution is 2.17. The number of amides is 1. The first-order valence-electron chi connectivity index (χ1n) is 8.86. The highest BCUT2D eigenvalue weighted by atomic mass is 32.2. The molecule has 1 atom stereocenters. The van der Waals surface area contributed by atoms with Gasteiger partial charge in [0.1, 0.15) is 10.3 Å². The summed E-state index contributed by atoms with van der Waals surface area (Å²) in [7, 11) is -3.72. The van der Waals surface area contributed by atoms with E-state index < -0.39 is 16.1 Å². The van der Waals surface area contributed by atoms with Gasteiger partial charge in [0.25, 0.3) is 10.0 Å². The number of hydrogen-bond acceptors (Lipinski definition) is 4. The van der Waals surface area contributed by atoms with Crippen LogP contribution in [0.25, 0.3) is 0 Å². The zero-order chi connectivity index (χ0) is 19.0. The average Bonchev–Trinajstić information content (AvgIpc) is 3.17. The van der Waals surface area contributed by atoms with Gasteiger partial charge in [0.05, 0.1) is 0 Å². The lowest BCUT2D eigenvalue weighted by molar-refractivity contribution is -0.133. The molecular formula is C19H26N2O3S2. The zero-order valence-corrected chi connectivity index (χ0v) is 16.9. The monoisotopic (exact) mass is 394 g/mol. The van der Waals surface area contributed by atoms with Crippen molar-refractivity contribution < 1.29 is 13.2 Å². The summed E-state index contributed by atoms with van der Waals surface area (Å²) >= 11 is 1.14. The van der Waals surface area contributed by atoms with Gasteiger partial charge in [-0.05, 0) is 36.3 Å². The molecule has 1 unspecified atom stereocenters. The Morgan fingerprint density at radius 2 is 1.73 bits per heavy atom. The first-order chi connectivity index (χ1) is 12.5. The minimum Gasteiger partial charge on any atom is -0.341 e. The second kappa shape index (κ2) is 9.85. The molecule has 0 saturated carbocycles. The molecule has 0 aliphatic rings. The minimum absolute atomic E-state index is 0.169. The fourth-order valence-electron chi connectivity index (χ4n) is 2.78. The van der Waals surface area contributed by atoms with Gasteiger partial charge in [0.15, 0.2) is 0 Å². The maximum Gasteiger partial charge on any atom is 0.250 e. The van der Waals surface area contributed by atoms with Crippen LogP contribution in [0.2, 0.25) is 0 Å². The largest absolute Gasteiger partial charge is 0.341 e. The van der Waals surface area contributed by atoms with Gasteiger partial charge in [0.2, 0.25) is 5.91 Å². The van der Waals surface area contributed by atoms with E-state index in [0.29, 0.717) is 19.5 Å². The molecule has 7 heteroatoms. The van der Waals surface area contributed by atoms with E-state index in [9.17, 15) is 13.2 Å². The fourth-order valence-corrected chi connectivity index (χ4v) is 4.98. The normalized spacial score (nSPS) is 12.7. The Bertz CT molecular complexity index is 768. The summed E-state index contributed by atoms with van der Waals surface area (Å²) in [6, 6.07) is 11.9. The van der Waals surface area contributed by atoms with E-state index >= 15 is 0 Å². The molecule has 0 saturated heterocycles. The highest BCUT2D eigenvalue weighted by Gasteiger charge is 2.29. The number of rotatable bonds is 10. The summed E-state index contributed by atoms with van der Waals surface area (Å²) in [4.78, 5) is 14.8. The molecule has 2 rings (SSSR count). The molecule has 1 N–H and O–H groups in total. The third-order valence-electron chi connectivity index (χ3n) is 3.94. The van der Waals surface area contributed by atoms with Gasteiger partial charge >= 0.3 is 0 Å². The van der Waals surface area contributed by atoms with E-state index in [4.69, 9.17) is 0 Å². The first-order valence-corrected chi connectivity index (χ1v) is 11.2. The van der Waals surface area contributed by atoms with E-state index in [0.717, 1.165) is 29.7 Å². The van der Waals surface area contributed by atoms with Crippen LogP contribution in [-0.2, 0) is 21.2 Å².